The van der Waals surface area contributed by atoms with E-state index in [0.717, 1.165) is 35.7 Å². The van der Waals surface area contributed by atoms with Crippen molar-refractivity contribution in [2.75, 3.05) is 13.1 Å². The van der Waals surface area contributed by atoms with Gasteiger partial charge in [-0.2, -0.15) is 0 Å². The Morgan fingerprint density at radius 1 is 1.33 bits per heavy atom. The highest BCUT2D eigenvalue weighted by atomic mass is 15.3. The Balaban J connectivity index is 1.96. The van der Waals surface area contributed by atoms with Gasteiger partial charge >= 0.3 is 0 Å². The molecule has 1 unspecified atom stereocenters. The topological polar surface area (TPSA) is 70.9 Å². The quantitative estimate of drug-likeness (QED) is 0.669. The first-order valence-corrected chi connectivity index (χ1v) is 6.31. The van der Waals surface area contributed by atoms with Crippen LogP contribution in [0.15, 0.2) is 18.5 Å². The van der Waals surface area contributed by atoms with Crippen LogP contribution in [0.25, 0.3) is 16.8 Å². The highest BCUT2D eigenvalue weighted by molar-refractivity contribution is 5.74. The fourth-order valence-electron chi connectivity index (χ4n) is 2.73. The third-order valence-corrected chi connectivity index (χ3v) is 3.63. The standard InChI is InChI=1S/C12H14N6/c1-2-8(6-13-4-1)12-17-16-10-7-15-11-9(18(10)12)3-5-14-11/h3,5,7-8,13-14H,1-2,4,6H2. The predicted molar refractivity (Wildman–Crippen MR) is 67.5 cm³/mol. The van der Waals surface area contributed by atoms with E-state index in [9.17, 15) is 0 Å². The molecule has 0 bridgehead atoms. The zero-order valence-electron chi connectivity index (χ0n) is 9.93. The minimum atomic E-state index is 0.439. The molecule has 4 heterocycles. The van der Waals surface area contributed by atoms with E-state index in [-0.39, 0.29) is 0 Å². The number of nitrogens with one attached hydrogen (secondary N) is 2. The maximum Gasteiger partial charge on any atom is 0.179 e. The maximum absolute atomic E-state index is 4.37. The number of H-pyrrole nitrogens is 1. The first-order valence-electron chi connectivity index (χ1n) is 6.31. The fraction of sp³-hybridized carbons (Fsp3) is 0.417. The van der Waals surface area contributed by atoms with E-state index in [1.165, 1.54) is 12.8 Å². The summed E-state index contributed by atoms with van der Waals surface area (Å²) in [6.45, 7) is 2.09. The predicted octanol–water partition coefficient (Wildman–Crippen LogP) is 1.07. The van der Waals surface area contributed by atoms with Crippen LogP contribution >= 0.6 is 0 Å². The van der Waals surface area contributed by atoms with E-state index in [4.69, 9.17) is 0 Å². The van der Waals surface area contributed by atoms with Crippen molar-refractivity contribution < 1.29 is 0 Å². The number of fused-ring (bicyclic) bond motifs is 3. The largest absolute Gasteiger partial charge is 0.345 e. The summed E-state index contributed by atoms with van der Waals surface area (Å²) in [5.41, 5.74) is 2.76. The van der Waals surface area contributed by atoms with Gasteiger partial charge in [0.1, 0.15) is 5.82 Å². The molecule has 1 atom stereocenters. The first-order chi connectivity index (χ1) is 8.93. The molecule has 3 aromatic rings. The second-order valence-electron chi connectivity index (χ2n) is 4.76. The molecule has 1 aliphatic rings. The van der Waals surface area contributed by atoms with E-state index >= 15 is 0 Å². The zero-order chi connectivity index (χ0) is 11.9. The van der Waals surface area contributed by atoms with Gasteiger partial charge in [0.25, 0.3) is 0 Å². The number of hydrogen-bond acceptors (Lipinski definition) is 4. The average molecular weight is 242 g/mol. The number of piperidine rings is 1. The second kappa shape index (κ2) is 3.78. The zero-order valence-corrected chi connectivity index (χ0v) is 9.93. The lowest BCUT2D eigenvalue weighted by atomic mass is 9.99. The molecule has 18 heavy (non-hydrogen) atoms. The summed E-state index contributed by atoms with van der Waals surface area (Å²) in [5.74, 6) is 1.48. The molecule has 0 saturated carbocycles. The lowest BCUT2D eigenvalue weighted by molar-refractivity contribution is 0.445. The van der Waals surface area contributed by atoms with Crippen LogP contribution < -0.4 is 5.32 Å². The van der Waals surface area contributed by atoms with Gasteiger partial charge < -0.3 is 10.3 Å². The van der Waals surface area contributed by atoms with E-state index < -0.39 is 0 Å². The molecule has 2 N–H and O–H groups in total. The number of aromatic amines is 1. The van der Waals surface area contributed by atoms with E-state index in [2.05, 4.69) is 29.9 Å². The van der Waals surface area contributed by atoms with Gasteiger partial charge in [-0.25, -0.2) is 4.98 Å². The van der Waals surface area contributed by atoms with Crippen LogP contribution in [0.2, 0.25) is 0 Å². The second-order valence-corrected chi connectivity index (χ2v) is 4.76. The fourth-order valence-corrected chi connectivity index (χ4v) is 2.73. The van der Waals surface area contributed by atoms with Crippen LogP contribution in [0.3, 0.4) is 0 Å². The van der Waals surface area contributed by atoms with Crippen LogP contribution in [0.5, 0.6) is 0 Å². The van der Waals surface area contributed by atoms with E-state index in [1.54, 1.807) is 6.20 Å². The lowest BCUT2D eigenvalue weighted by Gasteiger charge is -2.21. The van der Waals surface area contributed by atoms with Crippen molar-refractivity contribution in [2.24, 2.45) is 0 Å². The van der Waals surface area contributed by atoms with Crippen LogP contribution in [0.1, 0.15) is 24.6 Å². The normalized spacial score (nSPS) is 20.8. The Morgan fingerprint density at radius 2 is 2.33 bits per heavy atom. The summed E-state index contributed by atoms with van der Waals surface area (Å²) in [6.07, 6.45) is 6.04. The summed E-state index contributed by atoms with van der Waals surface area (Å²) in [7, 11) is 0. The van der Waals surface area contributed by atoms with Gasteiger partial charge in [0.15, 0.2) is 11.3 Å². The van der Waals surface area contributed by atoms with Gasteiger partial charge in [-0.1, -0.05) is 0 Å². The Kier molecular flexibility index (Phi) is 2.10. The van der Waals surface area contributed by atoms with Crippen molar-refractivity contribution in [3.63, 3.8) is 0 Å². The number of aromatic nitrogens is 5. The Bertz CT molecular complexity index is 691. The van der Waals surface area contributed by atoms with Gasteiger partial charge in [-0.3, -0.25) is 4.40 Å². The summed E-state index contributed by atoms with van der Waals surface area (Å²) in [6, 6.07) is 2.03. The van der Waals surface area contributed by atoms with Crippen LogP contribution in [0, 0.1) is 0 Å². The maximum atomic E-state index is 4.37. The highest BCUT2D eigenvalue weighted by Gasteiger charge is 2.21. The Hall–Kier alpha value is -1.95. The summed E-state index contributed by atoms with van der Waals surface area (Å²) >= 11 is 0. The molecule has 6 heteroatoms. The molecule has 0 spiro atoms. The number of hydrogen-bond donors (Lipinski definition) is 2. The minimum Gasteiger partial charge on any atom is -0.345 e. The van der Waals surface area contributed by atoms with E-state index in [0.29, 0.717) is 5.92 Å². The van der Waals surface area contributed by atoms with Crippen molar-refractivity contribution in [1.82, 2.24) is 29.9 Å². The van der Waals surface area contributed by atoms with Crippen molar-refractivity contribution >= 4 is 16.8 Å². The third-order valence-electron chi connectivity index (χ3n) is 3.63. The molecule has 92 valence electrons. The molecule has 1 aliphatic heterocycles. The average Bonchev–Trinajstić information content (AvgIpc) is 3.05. The minimum absolute atomic E-state index is 0.439. The van der Waals surface area contributed by atoms with E-state index in [1.807, 2.05) is 12.3 Å². The SMILES string of the molecule is c1cc2c(ncc3nnc(C4CCCNC4)n32)[nH]1. The summed E-state index contributed by atoms with van der Waals surface area (Å²) in [5, 5.41) is 12.0. The molecular weight excluding hydrogens is 228 g/mol. The van der Waals surface area contributed by atoms with Gasteiger partial charge in [-0.05, 0) is 25.5 Å². The molecule has 0 radical (unpaired) electrons. The van der Waals surface area contributed by atoms with Gasteiger partial charge in [0, 0.05) is 18.7 Å². The van der Waals surface area contributed by atoms with Gasteiger partial charge in [0.05, 0.1) is 11.7 Å². The molecule has 1 saturated heterocycles. The molecular formula is C12H14N6. The molecule has 3 aromatic heterocycles. The number of rotatable bonds is 1. The van der Waals surface area contributed by atoms with Gasteiger partial charge in [0.2, 0.25) is 0 Å². The highest BCUT2D eigenvalue weighted by Crippen LogP contribution is 2.24. The molecule has 0 aliphatic carbocycles. The first kappa shape index (κ1) is 10.0. The monoisotopic (exact) mass is 242 g/mol. The van der Waals surface area contributed by atoms with Crippen LogP contribution in [0.4, 0.5) is 0 Å². The Morgan fingerprint density at radius 3 is 3.22 bits per heavy atom. The van der Waals surface area contributed by atoms with Crippen molar-refractivity contribution in [1.29, 1.82) is 0 Å². The molecule has 1 fully saturated rings. The van der Waals surface area contributed by atoms with Crippen molar-refractivity contribution in [3.8, 4) is 0 Å². The third kappa shape index (κ3) is 1.35. The molecule has 6 nitrogen and oxygen atoms in total. The lowest BCUT2D eigenvalue weighted by Crippen LogP contribution is -2.29. The Labute approximate surface area is 103 Å². The molecule has 0 aromatic carbocycles. The summed E-state index contributed by atoms with van der Waals surface area (Å²) in [4.78, 5) is 7.46. The van der Waals surface area contributed by atoms with Crippen molar-refractivity contribution in [2.45, 2.75) is 18.8 Å². The summed E-state index contributed by atoms with van der Waals surface area (Å²) < 4.78 is 2.12. The van der Waals surface area contributed by atoms with Gasteiger partial charge in [-0.15, -0.1) is 10.2 Å². The number of nitrogens with zero attached hydrogens (tertiary/aromatic N) is 4. The molecule has 4 rings (SSSR count). The van der Waals surface area contributed by atoms with Crippen molar-refractivity contribution in [3.05, 3.63) is 24.3 Å². The van der Waals surface area contributed by atoms with Crippen LogP contribution in [-0.2, 0) is 0 Å². The molecule has 0 amide bonds. The van der Waals surface area contributed by atoms with Crippen LogP contribution in [-0.4, -0.2) is 37.7 Å². The smallest absolute Gasteiger partial charge is 0.179 e.